The SMILES string of the molecule is O=Cc1cccc(F)c1SCC(O)CO. The van der Waals surface area contributed by atoms with Gasteiger partial charge < -0.3 is 10.2 Å². The lowest BCUT2D eigenvalue weighted by Gasteiger charge is -2.08. The maximum atomic E-state index is 13.3. The topological polar surface area (TPSA) is 57.5 Å². The van der Waals surface area contributed by atoms with E-state index in [1.54, 1.807) is 0 Å². The lowest BCUT2D eigenvalue weighted by molar-refractivity contribution is 0.111. The van der Waals surface area contributed by atoms with Crippen molar-refractivity contribution in [2.45, 2.75) is 11.0 Å². The van der Waals surface area contributed by atoms with E-state index in [4.69, 9.17) is 10.2 Å². The van der Waals surface area contributed by atoms with Crippen molar-refractivity contribution < 1.29 is 19.4 Å². The molecule has 3 nitrogen and oxygen atoms in total. The van der Waals surface area contributed by atoms with Gasteiger partial charge in [-0.2, -0.15) is 0 Å². The van der Waals surface area contributed by atoms with Gasteiger partial charge in [0.1, 0.15) is 5.82 Å². The van der Waals surface area contributed by atoms with Crippen molar-refractivity contribution >= 4 is 18.0 Å². The highest BCUT2D eigenvalue weighted by molar-refractivity contribution is 7.99. The highest BCUT2D eigenvalue weighted by Crippen LogP contribution is 2.25. The molecule has 15 heavy (non-hydrogen) atoms. The number of carbonyl (C=O) groups excluding carboxylic acids is 1. The van der Waals surface area contributed by atoms with Gasteiger partial charge in [0, 0.05) is 11.3 Å². The summed E-state index contributed by atoms with van der Waals surface area (Å²) in [6, 6.07) is 4.20. The predicted molar refractivity (Wildman–Crippen MR) is 55.6 cm³/mol. The first kappa shape index (κ1) is 12.2. The lowest BCUT2D eigenvalue weighted by atomic mass is 10.2. The maximum absolute atomic E-state index is 13.3. The molecule has 0 aromatic heterocycles. The summed E-state index contributed by atoms with van der Waals surface area (Å²) in [5, 5.41) is 17.7. The van der Waals surface area contributed by atoms with Crippen LogP contribution in [-0.4, -0.2) is 35.0 Å². The molecular weight excluding hydrogens is 219 g/mol. The van der Waals surface area contributed by atoms with Gasteiger partial charge in [0.2, 0.25) is 0 Å². The van der Waals surface area contributed by atoms with Gasteiger partial charge in [0.15, 0.2) is 6.29 Å². The molecule has 0 amide bonds. The molecule has 0 aliphatic rings. The van der Waals surface area contributed by atoms with Crippen LogP contribution in [0.15, 0.2) is 23.1 Å². The summed E-state index contributed by atoms with van der Waals surface area (Å²) in [6.07, 6.45) is -0.342. The first-order valence-electron chi connectivity index (χ1n) is 4.34. The Kier molecular flexibility index (Phi) is 4.74. The molecule has 1 aromatic carbocycles. The Morgan fingerprint density at radius 3 is 2.87 bits per heavy atom. The van der Waals surface area contributed by atoms with Crippen LogP contribution in [0.3, 0.4) is 0 Å². The van der Waals surface area contributed by atoms with Crippen LogP contribution in [0.2, 0.25) is 0 Å². The molecule has 0 spiro atoms. The van der Waals surface area contributed by atoms with Gasteiger partial charge in [-0.1, -0.05) is 12.1 Å². The molecule has 0 bridgehead atoms. The fraction of sp³-hybridized carbons (Fsp3) is 0.300. The van der Waals surface area contributed by atoms with Crippen LogP contribution in [0, 0.1) is 5.82 Å². The van der Waals surface area contributed by atoms with E-state index in [2.05, 4.69) is 0 Å². The van der Waals surface area contributed by atoms with Crippen LogP contribution in [0.4, 0.5) is 4.39 Å². The second-order valence-corrected chi connectivity index (χ2v) is 3.95. The van der Waals surface area contributed by atoms with Crippen molar-refractivity contribution in [3.05, 3.63) is 29.6 Å². The predicted octanol–water partition coefficient (Wildman–Crippen LogP) is 1.08. The van der Waals surface area contributed by atoms with Crippen LogP contribution >= 0.6 is 11.8 Å². The van der Waals surface area contributed by atoms with Crippen LogP contribution in [0.1, 0.15) is 10.4 Å². The number of halogens is 1. The molecule has 1 unspecified atom stereocenters. The Morgan fingerprint density at radius 1 is 1.53 bits per heavy atom. The maximum Gasteiger partial charge on any atom is 0.151 e. The third-order valence-corrected chi connectivity index (χ3v) is 3.03. The zero-order chi connectivity index (χ0) is 11.3. The number of carbonyl (C=O) groups is 1. The van der Waals surface area contributed by atoms with E-state index < -0.39 is 11.9 Å². The van der Waals surface area contributed by atoms with Crippen LogP contribution < -0.4 is 0 Å². The summed E-state index contributed by atoms with van der Waals surface area (Å²) >= 11 is 1.01. The van der Waals surface area contributed by atoms with E-state index in [0.717, 1.165) is 11.8 Å². The smallest absolute Gasteiger partial charge is 0.151 e. The van der Waals surface area contributed by atoms with Gasteiger partial charge >= 0.3 is 0 Å². The zero-order valence-corrected chi connectivity index (χ0v) is 8.71. The number of benzene rings is 1. The van der Waals surface area contributed by atoms with E-state index >= 15 is 0 Å². The van der Waals surface area contributed by atoms with Gasteiger partial charge in [-0.25, -0.2) is 4.39 Å². The molecule has 2 N–H and O–H groups in total. The van der Waals surface area contributed by atoms with Crippen molar-refractivity contribution in [2.24, 2.45) is 0 Å². The molecule has 0 aliphatic heterocycles. The molecule has 0 fully saturated rings. The van der Waals surface area contributed by atoms with Gasteiger partial charge in [-0.15, -0.1) is 11.8 Å². The van der Waals surface area contributed by atoms with E-state index in [1.807, 2.05) is 0 Å². The summed E-state index contributed by atoms with van der Waals surface area (Å²) in [7, 11) is 0. The third-order valence-electron chi connectivity index (χ3n) is 1.76. The molecule has 5 heteroatoms. The van der Waals surface area contributed by atoms with Crippen molar-refractivity contribution in [3.63, 3.8) is 0 Å². The average Bonchev–Trinajstić information content (AvgIpc) is 2.26. The van der Waals surface area contributed by atoms with Crippen molar-refractivity contribution in [2.75, 3.05) is 12.4 Å². The molecule has 82 valence electrons. The molecule has 1 aromatic rings. The van der Waals surface area contributed by atoms with E-state index in [1.165, 1.54) is 18.2 Å². The quantitative estimate of drug-likeness (QED) is 0.587. The Labute approximate surface area is 90.9 Å². The third kappa shape index (κ3) is 3.30. The van der Waals surface area contributed by atoms with Crippen LogP contribution in [0.25, 0.3) is 0 Å². The summed E-state index contributed by atoms with van der Waals surface area (Å²) < 4.78 is 13.3. The first-order valence-corrected chi connectivity index (χ1v) is 5.33. The molecule has 1 rings (SSSR count). The molecule has 1 atom stereocenters. The molecular formula is C10H11FO3S. The fourth-order valence-electron chi connectivity index (χ4n) is 1.00. The fourth-order valence-corrected chi connectivity index (χ4v) is 1.96. The summed E-state index contributed by atoms with van der Waals surface area (Å²) in [5.41, 5.74) is 0.255. The summed E-state index contributed by atoms with van der Waals surface area (Å²) in [4.78, 5) is 10.8. The second-order valence-electron chi connectivity index (χ2n) is 2.92. The second kappa shape index (κ2) is 5.85. The number of aliphatic hydroxyl groups excluding tert-OH is 2. The number of hydrogen-bond donors (Lipinski definition) is 2. The number of hydrogen-bond acceptors (Lipinski definition) is 4. The Balaban J connectivity index is 2.78. The minimum Gasteiger partial charge on any atom is -0.394 e. The largest absolute Gasteiger partial charge is 0.394 e. The average molecular weight is 230 g/mol. The molecule has 0 aliphatic carbocycles. The van der Waals surface area contributed by atoms with Crippen molar-refractivity contribution in [3.8, 4) is 0 Å². The van der Waals surface area contributed by atoms with E-state index in [-0.39, 0.29) is 22.8 Å². The number of thioether (sulfide) groups is 1. The Bertz CT molecular complexity index is 343. The highest BCUT2D eigenvalue weighted by Gasteiger charge is 2.10. The Hall–Kier alpha value is -0.910. The zero-order valence-electron chi connectivity index (χ0n) is 7.89. The highest BCUT2D eigenvalue weighted by atomic mass is 32.2. The first-order chi connectivity index (χ1) is 7.19. The van der Waals surface area contributed by atoms with Crippen molar-refractivity contribution in [1.82, 2.24) is 0 Å². The van der Waals surface area contributed by atoms with Gasteiger partial charge in [0.05, 0.1) is 17.6 Å². The molecule has 0 saturated heterocycles. The van der Waals surface area contributed by atoms with E-state index in [0.29, 0.717) is 6.29 Å². The summed E-state index contributed by atoms with van der Waals surface area (Å²) in [5.74, 6) is -0.340. The molecule has 0 saturated carbocycles. The summed E-state index contributed by atoms with van der Waals surface area (Å²) in [6.45, 7) is -0.377. The molecule has 0 radical (unpaired) electrons. The number of rotatable bonds is 5. The standard InChI is InChI=1S/C10H11FO3S/c11-9-3-1-2-7(4-12)10(9)15-6-8(14)5-13/h1-4,8,13-14H,5-6H2. The van der Waals surface area contributed by atoms with Crippen LogP contribution in [-0.2, 0) is 0 Å². The van der Waals surface area contributed by atoms with Crippen LogP contribution in [0.5, 0.6) is 0 Å². The van der Waals surface area contributed by atoms with Crippen molar-refractivity contribution in [1.29, 1.82) is 0 Å². The minimum atomic E-state index is -0.908. The Morgan fingerprint density at radius 2 is 2.27 bits per heavy atom. The number of aldehydes is 1. The lowest BCUT2D eigenvalue weighted by Crippen LogP contribution is -2.14. The monoisotopic (exact) mass is 230 g/mol. The normalized spacial score (nSPS) is 12.5. The van der Waals surface area contributed by atoms with Gasteiger partial charge in [0.25, 0.3) is 0 Å². The van der Waals surface area contributed by atoms with Gasteiger partial charge in [-0.05, 0) is 6.07 Å². The number of aliphatic hydroxyl groups is 2. The van der Waals surface area contributed by atoms with Gasteiger partial charge in [-0.3, -0.25) is 4.79 Å². The minimum absolute atomic E-state index is 0.151. The van der Waals surface area contributed by atoms with E-state index in [9.17, 15) is 9.18 Å². The molecule has 0 heterocycles.